The molecule has 1 atom stereocenters. The van der Waals surface area contributed by atoms with Crippen molar-refractivity contribution in [3.63, 3.8) is 0 Å². The Kier molecular flexibility index (Phi) is 8.84. The first kappa shape index (κ1) is 25.0. The molecule has 1 aromatic heterocycles. The second-order valence-corrected chi connectivity index (χ2v) is 8.51. The van der Waals surface area contributed by atoms with Crippen molar-refractivity contribution >= 4 is 28.9 Å². The Labute approximate surface area is 198 Å². The highest BCUT2D eigenvalue weighted by Gasteiger charge is 2.29. The third kappa shape index (κ3) is 6.94. The first-order valence-electron chi connectivity index (χ1n) is 11.5. The van der Waals surface area contributed by atoms with Gasteiger partial charge in [0.15, 0.2) is 0 Å². The average Bonchev–Trinajstić information content (AvgIpc) is 3.28. The van der Waals surface area contributed by atoms with E-state index in [4.69, 9.17) is 4.74 Å². The molecule has 1 fully saturated rings. The number of aromatic amines is 1. The van der Waals surface area contributed by atoms with Gasteiger partial charge in [0.25, 0.3) is 0 Å². The molecule has 0 spiro atoms. The molecule has 34 heavy (non-hydrogen) atoms. The zero-order chi connectivity index (χ0) is 24.5. The van der Waals surface area contributed by atoms with Crippen LogP contribution in [0.2, 0.25) is 0 Å². The maximum atomic E-state index is 12.8. The van der Waals surface area contributed by atoms with Gasteiger partial charge in [0.2, 0.25) is 5.91 Å². The van der Waals surface area contributed by atoms with E-state index in [-0.39, 0.29) is 24.9 Å². The molecule has 1 unspecified atom stereocenters. The molecule has 1 aromatic carbocycles. The minimum Gasteiger partial charge on any atom is -0.481 e. The Hall–Kier alpha value is -3.62. The summed E-state index contributed by atoms with van der Waals surface area (Å²) in [6.07, 6.45) is 9.64. The van der Waals surface area contributed by atoms with Crippen LogP contribution in [0.3, 0.4) is 0 Å². The number of ether oxygens (including phenoxy) is 1. The molecule has 2 heterocycles. The number of amides is 2. The van der Waals surface area contributed by atoms with Crippen molar-refractivity contribution in [1.82, 2.24) is 20.4 Å². The zero-order valence-electron chi connectivity index (χ0n) is 19.6. The van der Waals surface area contributed by atoms with Crippen molar-refractivity contribution in [3.05, 3.63) is 53.8 Å². The average molecular weight is 469 g/mol. The van der Waals surface area contributed by atoms with Gasteiger partial charge in [-0.05, 0) is 37.5 Å². The molecule has 0 bridgehead atoms. The van der Waals surface area contributed by atoms with Crippen LogP contribution in [0.5, 0.6) is 0 Å². The maximum Gasteiger partial charge on any atom is 0.407 e. The maximum absolute atomic E-state index is 12.8. The molecule has 2 amide bonds. The minimum atomic E-state index is -0.989. The Morgan fingerprint density at radius 2 is 2.06 bits per heavy atom. The Bertz CT molecular complexity index is 1070. The predicted octanol–water partition coefficient (Wildman–Crippen LogP) is 3.35. The third-order valence-electron chi connectivity index (χ3n) is 5.93. The standard InChI is InChI=1S/C25H32N4O5/c1-3-4-5-6-9-26-25(33)34-21-7-10-29(11-8-21)22(30)15-19(24(31)32)13-18-12-17(2)23-20(14-18)16-27-28-23/h3-6,12,14,16,19,21H,7-11,13,15H2,1-2H3,(H,26,33)(H,27,28)(H,31,32)/b4-3-,6-5-. The van der Waals surface area contributed by atoms with Gasteiger partial charge < -0.3 is 20.1 Å². The Morgan fingerprint density at radius 1 is 1.29 bits per heavy atom. The monoisotopic (exact) mass is 468 g/mol. The lowest BCUT2D eigenvalue weighted by Gasteiger charge is -2.32. The largest absolute Gasteiger partial charge is 0.481 e. The van der Waals surface area contributed by atoms with Gasteiger partial charge in [0, 0.05) is 44.3 Å². The summed E-state index contributed by atoms with van der Waals surface area (Å²) in [6.45, 7) is 5.10. The summed E-state index contributed by atoms with van der Waals surface area (Å²) in [4.78, 5) is 38.3. The number of aromatic nitrogens is 2. The van der Waals surface area contributed by atoms with Gasteiger partial charge in [-0.25, -0.2) is 4.79 Å². The molecular weight excluding hydrogens is 436 g/mol. The number of nitrogens with zero attached hydrogens (tertiary/aromatic N) is 2. The van der Waals surface area contributed by atoms with Crippen LogP contribution in [0.15, 0.2) is 42.6 Å². The molecule has 182 valence electrons. The lowest BCUT2D eigenvalue weighted by atomic mass is 9.93. The molecule has 3 N–H and O–H groups in total. The molecule has 9 heteroatoms. The first-order valence-corrected chi connectivity index (χ1v) is 11.5. The van der Waals surface area contributed by atoms with E-state index in [0.717, 1.165) is 22.0 Å². The van der Waals surface area contributed by atoms with Crippen molar-refractivity contribution < 1.29 is 24.2 Å². The van der Waals surface area contributed by atoms with Gasteiger partial charge >= 0.3 is 12.1 Å². The number of piperidine rings is 1. The molecule has 3 rings (SSSR count). The van der Waals surface area contributed by atoms with Crippen LogP contribution in [0.1, 0.15) is 37.3 Å². The predicted molar refractivity (Wildman–Crippen MR) is 128 cm³/mol. The summed E-state index contributed by atoms with van der Waals surface area (Å²) < 4.78 is 5.42. The van der Waals surface area contributed by atoms with Gasteiger partial charge in [-0.1, -0.05) is 30.4 Å². The van der Waals surface area contributed by atoms with Crippen molar-refractivity contribution in [1.29, 1.82) is 0 Å². The number of allylic oxidation sites excluding steroid dienone is 3. The number of hydrogen-bond acceptors (Lipinski definition) is 5. The highest BCUT2D eigenvalue weighted by atomic mass is 16.6. The van der Waals surface area contributed by atoms with Gasteiger partial charge in [-0.15, -0.1) is 0 Å². The van der Waals surface area contributed by atoms with E-state index < -0.39 is 18.0 Å². The number of carbonyl (C=O) groups excluding carboxylic acids is 2. The number of carboxylic acids is 1. The molecule has 0 radical (unpaired) electrons. The number of likely N-dealkylation sites (tertiary alicyclic amines) is 1. The van der Waals surface area contributed by atoms with E-state index in [1.54, 1.807) is 11.1 Å². The topological polar surface area (TPSA) is 125 Å². The first-order chi connectivity index (χ1) is 16.4. The fourth-order valence-electron chi connectivity index (χ4n) is 4.12. The number of H-pyrrole nitrogens is 1. The van der Waals surface area contributed by atoms with E-state index in [0.29, 0.717) is 32.5 Å². The molecule has 0 saturated carbocycles. The highest BCUT2D eigenvalue weighted by molar-refractivity contribution is 5.84. The number of carbonyl (C=O) groups is 3. The summed E-state index contributed by atoms with van der Waals surface area (Å²) in [7, 11) is 0. The number of carboxylic acid groups (broad SMARTS) is 1. The molecule has 9 nitrogen and oxygen atoms in total. The number of rotatable bonds is 9. The number of aliphatic carboxylic acids is 1. The zero-order valence-corrected chi connectivity index (χ0v) is 19.6. The van der Waals surface area contributed by atoms with Crippen LogP contribution in [-0.2, 0) is 20.7 Å². The quantitative estimate of drug-likeness (QED) is 0.485. The summed E-state index contributed by atoms with van der Waals surface area (Å²) in [5, 5.41) is 20.3. The second kappa shape index (κ2) is 12.0. The van der Waals surface area contributed by atoms with Crippen LogP contribution in [0.4, 0.5) is 4.79 Å². The summed E-state index contributed by atoms with van der Waals surface area (Å²) >= 11 is 0. The normalized spacial score (nSPS) is 15.8. The number of nitrogens with one attached hydrogen (secondary N) is 2. The van der Waals surface area contributed by atoms with E-state index in [1.807, 2.05) is 50.3 Å². The summed E-state index contributed by atoms with van der Waals surface area (Å²) in [6, 6.07) is 3.85. The number of benzene rings is 1. The van der Waals surface area contributed by atoms with Gasteiger partial charge in [-0.2, -0.15) is 5.10 Å². The van der Waals surface area contributed by atoms with Gasteiger partial charge in [-0.3, -0.25) is 14.7 Å². The van der Waals surface area contributed by atoms with Gasteiger partial charge in [0.1, 0.15) is 6.10 Å². The second-order valence-electron chi connectivity index (χ2n) is 8.51. The molecular formula is C25H32N4O5. The minimum absolute atomic E-state index is 0.0671. The lowest BCUT2D eigenvalue weighted by molar-refractivity contribution is -0.146. The van der Waals surface area contributed by atoms with Crippen molar-refractivity contribution in [2.75, 3.05) is 19.6 Å². The molecule has 1 saturated heterocycles. The van der Waals surface area contributed by atoms with E-state index in [9.17, 15) is 19.5 Å². The molecule has 2 aromatic rings. The van der Waals surface area contributed by atoms with Crippen LogP contribution in [0.25, 0.3) is 10.9 Å². The number of alkyl carbamates (subject to hydrolysis) is 1. The summed E-state index contributed by atoms with van der Waals surface area (Å²) in [5.74, 6) is -1.99. The lowest BCUT2D eigenvalue weighted by Crippen LogP contribution is -2.43. The van der Waals surface area contributed by atoms with E-state index >= 15 is 0 Å². The SMILES string of the molecule is C/C=C\C=C/CNC(=O)OC1CCN(C(=O)CC(Cc2cc(C)c3[nH]ncc3c2)C(=O)O)CC1. The highest BCUT2D eigenvalue weighted by Crippen LogP contribution is 2.23. The Balaban J connectivity index is 1.47. The number of aryl methyl sites for hydroxylation is 1. The smallest absolute Gasteiger partial charge is 0.407 e. The van der Waals surface area contributed by atoms with Crippen molar-refractivity contribution in [2.24, 2.45) is 5.92 Å². The fourth-order valence-corrected chi connectivity index (χ4v) is 4.12. The number of fused-ring (bicyclic) bond motifs is 1. The van der Waals surface area contributed by atoms with Crippen molar-refractivity contribution in [3.8, 4) is 0 Å². The van der Waals surface area contributed by atoms with Crippen LogP contribution < -0.4 is 5.32 Å². The third-order valence-corrected chi connectivity index (χ3v) is 5.93. The molecule has 1 aliphatic heterocycles. The van der Waals surface area contributed by atoms with Crippen LogP contribution in [0, 0.1) is 12.8 Å². The van der Waals surface area contributed by atoms with Crippen LogP contribution >= 0.6 is 0 Å². The van der Waals surface area contributed by atoms with E-state index in [2.05, 4.69) is 15.5 Å². The van der Waals surface area contributed by atoms with Crippen LogP contribution in [-0.4, -0.2) is 63.9 Å². The summed E-state index contributed by atoms with van der Waals surface area (Å²) in [5.41, 5.74) is 2.78. The Morgan fingerprint density at radius 3 is 2.76 bits per heavy atom. The molecule has 0 aliphatic carbocycles. The van der Waals surface area contributed by atoms with Crippen molar-refractivity contribution in [2.45, 2.75) is 45.6 Å². The van der Waals surface area contributed by atoms with Gasteiger partial charge in [0.05, 0.1) is 17.6 Å². The fraction of sp³-hybridized carbons (Fsp3) is 0.440. The van der Waals surface area contributed by atoms with E-state index in [1.165, 1.54) is 0 Å². The molecule has 1 aliphatic rings. The number of hydrogen-bond donors (Lipinski definition) is 3.